The van der Waals surface area contributed by atoms with E-state index >= 15 is 0 Å². The molecule has 0 aliphatic heterocycles. The Bertz CT molecular complexity index is 550. The van der Waals surface area contributed by atoms with Crippen molar-refractivity contribution in [2.75, 3.05) is 10.6 Å². The molecule has 0 radical (unpaired) electrons. The molecule has 8 heteroatoms. The summed E-state index contributed by atoms with van der Waals surface area (Å²) in [5, 5.41) is 8.15. The largest absolute Gasteiger partial charge is 0.416 e. The molecule has 0 bridgehead atoms. The minimum atomic E-state index is -4.40. The Morgan fingerprint density at radius 2 is 1.79 bits per heavy atom. The molecular weight excluding hydrogens is 263 g/mol. The third-order valence-electron chi connectivity index (χ3n) is 2.15. The summed E-state index contributed by atoms with van der Waals surface area (Å²) >= 11 is 0. The second kappa shape index (κ2) is 5.01. The van der Waals surface area contributed by atoms with E-state index in [-0.39, 0.29) is 11.5 Å². The minimum absolute atomic E-state index is 0.199. The molecule has 2 rings (SSSR count). The Morgan fingerprint density at radius 1 is 1.11 bits per heavy atom. The second-order valence-electron chi connectivity index (χ2n) is 3.54. The van der Waals surface area contributed by atoms with Crippen LogP contribution < -0.4 is 10.6 Å². The number of carbonyl (C=O) groups excluding carboxylic acids is 1. The van der Waals surface area contributed by atoms with Gasteiger partial charge in [-0.15, -0.1) is 0 Å². The SMILES string of the molecule is O=C(Nc1ccc(C(F)(F)F)cc1)Nc1ccon1. The van der Waals surface area contributed by atoms with Crippen LogP contribution in [0.5, 0.6) is 0 Å². The summed E-state index contributed by atoms with van der Waals surface area (Å²) in [5.41, 5.74) is -0.552. The Kier molecular flexibility index (Phi) is 3.41. The molecule has 0 saturated heterocycles. The maximum atomic E-state index is 12.3. The van der Waals surface area contributed by atoms with Crippen LogP contribution in [-0.2, 0) is 6.18 Å². The lowest BCUT2D eigenvalue weighted by molar-refractivity contribution is -0.137. The summed E-state index contributed by atoms with van der Waals surface area (Å²) in [7, 11) is 0. The van der Waals surface area contributed by atoms with Crippen LogP contribution in [0.25, 0.3) is 0 Å². The zero-order valence-corrected chi connectivity index (χ0v) is 9.36. The van der Waals surface area contributed by atoms with Crippen molar-refractivity contribution in [3.63, 3.8) is 0 Å². The van der Waals surface area contributed by atoms with Gasteiger partial charge in [0.1, 0.15) is 6.26 Å². The number of benzene rings is 1. The Labute approximate surface area is 105 Å². The third-order valence-corrected chi connectivity index (χ3v) is 2.15. The number of amides is 2. The molecule has 2 amide bonds. The van der Waals surface area contributed by atoms with Crippen molar-refractivity contribution >= 4 is 17.5 Å². The molecule has 0 unspecified atom stereocenters. The summed E-state index contributed by atoms with van der Waals surface area (Å²) < 4.78 is 41.4. The predicted molar refractivity (Wildman–Crippen MR) is 60.6 cm³/mol. The van der Waals surface area contributed by atoms with Crippen molar-refractivity contribution in [2.45, 2.75) is 6.18 Å². The molecule has 0 aliphatic carbocycles. The van der Waals surface area contributed by atoms with Crippen molar-refractivity contribution in [1.29, 1.82) is 0 Å². The van der Waals surface area contributed by atoms with Gasteiger partial charge < -0.3 is 9.84 Å². The zero-order chi connectivity index (χ0) is 13.9. The van der Waals surface area contributed by atoms with Crippen molar-refractivity contribution in [2.24, 2.45) is 0 Å². The first-order valence-corrected chi connectivity index (χ1v) is 5.11. The Balaban J connectivity index is 1.98. The number of anilines is 2. The lowest BCUT2D eigenvalue weighted by Crippen LogP contribution is -2.19. The number of carbonyl (C=O) groups is 1. The van der Waals surface area contributed by atoms with Crippen molar-refractivity contribution in [1.82, 2.24) is 5.16 Å². The quantitative estimate of drug-likeness (QED) is 0.880. The number of alkyl halides is 3. The monoisotopic (exact) mass is 271 g/mol. The van der Waals surface area contributed by atoms with E-state index in [1.165, 1.54) is 12.3 Å². The lowest BCUT2D eigenvalue weighted by Gasteiger charge is -2.08. The molecule has 2 N–H and O–H groups in total. The van der Waals surface area contributed by atoms with Gasteiger partial charge in [-0.05, 0) is 24.3 Å². The highest BCUT2D eigenvalue weighted by molar-refractivity contribution is 5.99. The van der Waals surface area contributed by atoms with Crippen LogP contribution >= 0.6 is 0 Å². The molecule has 100 valence electrons. The molecule has 1 aromatic carbocycles. The predicted octanol–water partition coefficient (Wildman–Crippen LogP) is 3.34. The number of nitrogens with zero attached hydrogens (tertiary/aromatic N) is 1. The topological polar surface area (TPSA) is 67.2 Å². The van der Waals surface area contributed by atoms with E-state index in [0.29, 0.717) is 0 Å². The maximum Gasteiger partial charge on any atom is 0.416 e. The third kappa shape index (κ3) is 3.47. The Morgan fingerprint density at radius 3 is 2.32 bits per heavy atom. The number of hydrogen-bond donors (Lipinski definition) is 2. The summed E-state index contributed by atoms with van der Waals surface area (Å²) in [6.07, 6.45) is -3.13. The number of nitrogens with one attached hydrogen (secondary N) is 2. The normalized spacial score (nSPS) is 11.1. The summed E-state index contributed by atoms with van der Waals surface area (Å²) in [4.78, 5) is 11.4. The number of aromatic nitrogens is 1. The summed E-state index contributed by atoms with van der Waals surface area (Å²) in [6, 6.07) is 4.87. The second-order valence-corrected chi connectivity index (χ2v) is 3.54. The molecule has 0 aliphatic rings. The van der Waals surface area contributed by atoms with Gasteiger partial charge in [0.2, 0.25) is 0 Å². The van der Waals surface area contributed by atoms with Gasteiger partial charge in [-0.2, -0.15) is 13.2 Å². The van der Waals surface area contributed by atoms with Crippen LogP contribution in [-0.4, -0.2) is 11.2 Å². The molecule has 0 fully saturated rings. The van der Waals surface area contributed by atoms with Gasteiger partial charge >= 0.3 is 12.2 Å². The summed E-state index contributed by atoms with van der Waals surface area (Å²) in [6.45, 7) is 0. The maximum absolute atomic E-state index is 12.3. The first-order valence-electron chi connectivity index (χ1n) is 5.11. The van der Waals surface area contributed by atoms with Crippen molar-refractivity contribution in [3.8, 4) is 0 Å². The molecule has 0 atom stereocenters. The van der Waals surface area contributed by atoms with Gasteiger partial charge in [-0.1, -0.05) is 5.16 Å². The van der Waals surface area contributed by atoms with Gasteiger partial charge in [0.25, 0.3) is 0 Å². The van der Waals surface area contributed by atoms with Gasteiger partial charge in [-0.25, -0.2) is 4.79 Å². The van der Waals surface area contributed by atoms with Crippen LogP contribution in [0.3, 0.4) is 0 Å². The molecule has 2 aromatic rings. The van der Waals surface area contributed by atoms with Crippen LogP contribution in [0.4, 0.5) is 29.5 Å². The van der Waals surface area contributed by atoms with E-state index in [2.05, 4.69) is 20.3 Å². The number of hydrogen-bond acceptors (Lipinski definition) is 3. The van der Waals surface area contributed by atoms with Gasteiger partial charge in [0, 0.05) is 11.8 Å². The van der Waals surface area contributed by atoms with Gasteiger partial charge in [0.05, 0.1) is 5.56 Å². The lowest BCUT2D eigenvalue weighted by atomic mass is 10.2. The first kappa shape index (κ1) is 12.9. The molecule has 0 saturated carbocycles. The number of urea groups is 1. The van der Waals surface area contributed by atoms with Crippen molar-refractivity contribution < 1.29 is 22.5 Å². The average molecular weight is 271 g/mol. The van der Waals surface area contributed by atoms with Crippen LogP contribution in [0.15, 0.2) is 41.1 Å². The van der Waals surface area contributed by atoms with E-state index in [9.17, 15) is 18.0 Å². The standard InChI is InChI=1S/C11H8F3N3O2/c12-11(13,14)7-1-3-8(4-2-7)15-10(18)16-9-5-6-19-17-9/h1-6H,(H2,15,16,17,18). The van der Waals surface area contributed by atoms with E-state index in [4.69, 9.17) is 0 Å². The fourth-order valence-electron chi connectivity index (χ4n) is 1.30. The average Bonchev–Trinajstić information content (AvgIpc) is 2.81. The van der Waals surface area contributed by atoms with E-state index in [1.807, 2.05) is 0 Å². The van der Waals surface area contributed by atoms with Crippen molar-refractivity contribution in [3.05, 3.63) is 42.2 Å². The van der Waals surface area contributed by atoms with Crippen LogP contribution in [0, 0.1) is 0 Å². The highest BCUT2D eigenvalue weighted by Crippen LogP contribution is 2.29. The van der Waals surface area contributed by atoms with E-state index in [0.717, 1.165) is 24.3 Å². The van der Waals surface area contributed by atoms with E-state index < -0.39 is 17.8 Å². The first-order chi connectivity index (χ1) is 8.95. The minimum Gasteiger partial charge on any atom is -0.363 e. The molecule has 19 heavy (non-hydrogen) atoms. The van der Waals surface area contributed by atoms with Crippen LogP contribution in [0.2, 0.25) is 0 Å². The molecule has 1 aromatic heterocycles. The molecule has 1 heterocycles. The molecular formula is C11H8F3N3O2. The molecule has 0 spiro atoms. The Hall–Kier alpha value is -2.51. The highest BCUT2D eigenvalue weighted by atomic mass is 19.4. The fourth-order valence-corrected chi connectivity index (χ4v) is 1.30. The highest BCUT2D eigenvalue weighted by Gasteiger charge is 2.29. The van der Waals surface area contributed by atoms with E-state index in [1.54, 1.807) is 0 Å². The number of halogens is 3. The number of rotatable bonds is 2. The van der Waals surface area contributed by atoms with Gasteiger partial charge in [0.15, 0.2) is 5.82 Å². The zero-order valence-electron chi connectivity index (χ0n) is 9.36. The van der Waals surface area contributed by atoms with Crippen LogP contribution in [0.1, 0.15) is 5.56 Å². The smallest absolute Gasteiger partial charge is 0.363 e. The fraction of sp³-hybridized carbons (Fsp3) is 0.0909. The summed E-state index contributed by atoms with van der Waals surface area (Å²) in [5.74, 6) is 0.199. The van der Waals surface area contributed by atoms with Gasteiger partial charge in [-0.3, -0.25) is 5.32 Å². The molecule has 5 nitrogen and oxygen atoms in total.